The van der Waals surface area contributed by atoms with Crippen LogP contribution in [0.4, 0.5) is 9.59 Å². The molecule has 14 nitrogen and oxygen atoms in total. The fraction of sp³-hybridized carbons (Fsp3) is 0.800. The molecule has 0 aromatic rings. The zero-order valence-corrected chi connectivity index (χ0v) is 26.9. The summed E-state index contributed by atoms with van der Waals surface area (Å²) in [7, 11) is 0. The number of hydrogen-bond donors (Lipinski definition) is 4. The number of nitrogens with one attached hydrogen (secondary N) is 2. The molecule has 0 radical (unpaired) electrons. The first-order chi connectivity index (χ1) is 19.7. The average Bonchev–Trinajstić information content (AvgIpc) is 2.96. The van der Waals surface area contributed by atoms with Crippen molar-refractivity contribution in [3.63, 3.8) is 0 Å². The number of alkyl carbamates (subject to hydrolysis) is 2. The van der Waals surface area contributed by atoms with Crippen LogP contribution in [0.5, 0.6) is 0 Å². The fourth-order valence-electron chi connectivity index (χ4n) is 1.74. The lowest BCUT2D eigenvalue weighted by Crippen LogP contribution is -2.25. The third-order valence-corrected chi connectivity index (χ3v) is 9.00. The Morgan fingerprint density at radius 2 is 1.12 bits per heavy atom. The zero-order valence-electron chi connectivity index (χ0n) is 22.0. The molecule has 0 spiro atoms. The smallest absolute Gasteiger partial charge is 0.408 e. The largest absolute Gasteiger partial charge is 0.447 e. The molecule has 0 saturated heterocycles. The standard InChI is InChI=1S/C20H38N4O10S6/c25-1-3-29-19(27)23-15-37-7-5-36-14-22-12-33-34-18-40-10-9-39-17-30-20(28)24-16-38-8-6-35-13-21-11-32-31-4-2-26/h11-12,25-26H,1-10,13-18H2,(H,23,27)(H,24,28)/b21-11-,22-12+. The van der Waals surface area contributed by atoms with Gasteiger partial charge in [-0.3, -0.25) is 0 Å². The minimum Gasteiger partial charge on any atom is -0.447 e. The Labute approximate surface area is 260 Å². The van der Waals surface area contributed by atoms with Crippen LogP contribution in [0.2, 0.25) is 0 Å². The van der Waals surface area contributed by atoms with Crippen molar-refractivity contribution in [2.45, 2.75) is 0 Å². The normalized spacial score (nSPS) is 11.2. The van der Waals surface area contributed by atoms with E-state index in [2.05, 4.69) is 35.1 Å². The molecule has 4 N–H and O–H groups in total. The second-order valence-electron chi connectivity index (χ2n) is 6.31. The maximum atomic E-state index is 11.6. The second-order valence-corrected chi connectivity index (χ2v) is 12.8. The number of carbonyl (C=O) groups excluding carboxylic acids is 2. The van der Waals surface area contributed by atoms with Crippen LogP contribution in [0.3, 0.4) is 0 Å². The summed E-state index contributed by atoms with van der Waals surface area (Å²) in [6.45, 7) is -0.197. The molecule has 0 aliphatic rings. The number of nitrogens with zero attached hydrogens (tertiary/aromatic N) is 2. The number of thioether (sulfide) groups is 6. The van der Waals surface area contributed by atoms with E-state index in [1.54, 1.807) is 58.8 Å². The number of aliphatic hydroxyl groups excluding tert-OH is 2. The number of carbonyl (C=O) groups is 2. The van der Waals surface area contributed by atoms with Crippen LogP contribution < -0.4 is 10.6 Å². The van der Waals surface area contributed by atoms with Gasteiger partial charge in [0.1, 0.15) is 25.1 Å². The Bertz CT molecular complexity index is 647. The molecule has 0 aromatic heterocycles. The lowest BCUT2D eigenvalue weighted by atomic mass is 10.8. The molecule has 0 rings (SSSR count). The van der Waals surface area contributed by atoms with Gasteiger partial charge in [0.15, 0.2) is 0 Å². The molecule has 234 valence electrons. The fourth-order valence-corrected chi connectivity index (χ4v) is 6.43. The van der Waals surface area contributed by atoms with Crippen LogP contribution in [-0.2, 0) is 29.0 Å². The van der Waals surface area contributed by atoms with E-state index < -0.39 is 12.2 Å². The molecule has 0 unspecified atom stereocenters. The van der Waals surface area contributed by atoms with Gasteiger partial charge in [0.05, 0.1) is 36.7 Å². The summed E-state index contributed by atoms with van der Waals surface area (Å²) in [5, 5.41) is 22.3. The highest BCUT2D eigenvalue weighted by Gasteiger charge is 2.02. The first kappa shape index (κ1) is 39.4. The van der Waals surface area contributed by atoms with Gasteiger partial charge >= 0.3 is 12.2 Å². The molecular weight excluding hydrogens is 649 g/mol. The van der Waals surface area contributed by atoms with Crippen molar-refractivity contribution in [1.82, 2.24) is 10.6 Å². The SMILES string of the molecule is O=C(NCSCCSC/N=C/OOCSCCSCOC(=O)NCSCCSC/N=C\OOCCO)OCCO. The number of hydrogen-bond acceptors (Lipinski definition) is 18. The summed E-state index contributed by atoms with van der Waals surface area (Å²) in [6, 6.07) is 0. The van der Waals surface area contributed by atoms with Gasteiger partial charge < -0.3 is 40.1 Å². The molecule has 0 aliphatic carbocycles. The molecule has 0 atom stereocenters. The Morgan fingerprint density at radius 3 is 1.73 bits per heavy atom. The average molecular weight is 687 g/mol. The monoisotopic (exact) mass is 686 g/mol. The molecule has 0 heterocycles. The molecule has 0 aromatic carbocycles. The highest BCUT2D eigenvalue weighted by atomic mass is 32.2. The van der Waals surface area contributed by atoms with E-state index in [1.807, 2.05) is 0 Å². The topological polar surface area (TPSA) is 179 Å². The Morgan fingerprint density at radius 1 is 0.625 bits per heavy atom. The van der Waals surface area contributed by atoms with E-state index in [1.165, 1.54) is 24.6 Å². The second kappa shape index (κ2) is 34.6. The van der Waals surface area contributed by atoms with Gasteiger partial charge in [-0.2, -0.15) is 9.78 Å². The van der Waals surface area contributed by atoms with Crippen LogP contribution >= 0.6 is 70.6 Å². The molecule has 0 bridgehead atoms. The number of aliphatic hydroxyl groups is 2. The molecule has 0 saturated carbocycles. The van der Waals surface area contributed by atoms with Gasteiger partial charge in [-0.25, -0.2) is 19.6 Å². The van der Waals surface area contributed by atoms with Crippen molar-refractivity contribution in [2.75, 3.05) is 96.3 Å². The maximum Gasteiger partial charge on any atom is 0.408 e. The number of amides is 2. The van der Waals surface area contributed by atoms with Crippen molar-refractivity contribution >= 4 is 95.6 Å². The summed E-state index contributed by atoms with van der Waals surface area (Å²) >= 11 is 9.44. The summed E-state index contributed by atoms with van der Waals surface area (Å²) in [4.78, 5) is 49.8. The van der Waals surface area contributed by atoms with Gasteiger partial charge in [-0.1, -0.05) is 0 Å². The van der Waals surface area contributed by atoms with Gasteiger partial charge in [0.2, 0.25) is 12.8 Å². The van der Waals surface area contributed by atoms with Crippen LogP contribution in [-0.4, -0.2) is 132 Å². The number of aliphatic imine (C=N–C) groups is 2. The molecule has 20 heteroatoms. The van der Waals surface area contributed by atoms with Gasteiger partial charge in [-0.05, 0) is 0 Å². The van der Waals surface area contributed by atoms with E-state index in [-0.39, 0.29) is 32.4 Å². The molecule has 2 amide bonds. The highest BCUT2D eigenvalue weighted by Crippen LogP contribution is 2.09. The maximum absolute atomic E-state index is 11.6. The van der Waals surface area contributed by atoms with Crippen molar-refractivity contribution in [3.05, 3.63) is 0 Å². The summed E-state index contributed by atoms with van der Waals surface area (Å²) < 4.78 is 9.77. The predicted octanol–water partition coefficient (Wildman–Crippen LogP) is 2.52. The van der Waals surface area contributed by atoms with Crippen molar-refractivity contribution in [2.24, 2.45) is 9.98 Å². The summed E-state index contributed by atoms with van der Waals surface area (Å²) in [6.07, 6.45) is 1.49. The first-order valence-electron chi connectivity index (χ1n) is 11.7. The van der Waals surface area contributed by atoms with E-state index >= 15 is 0 Å². The van der Waals surface area contributed by atoms with Crippen LogP contribution in [0.1, 0.15) is 0 Å². The lowest BCUT2D eigenvalue weighted by Gasteiger charge is -2.06. The first-order valence-corrected chi connectivity index (χ1v) is 18.7. The number of rotatable bonds is 29. The summed E-state index contributed by atoms with van der Waals surface area (Å²) in [5.41, 5.74) is 0. The minimum atomic E-state index is -0.533. The molecule has 0 fully saturated rings. The van der Waals surface area contributed by atoms with Gasteiger partial charge in [-0.15, -0.1) is 70.6 Å². The van der Waals surface area contributed by atoms with Crippen molar-refractivity contribution in [1.29, 1.82) is 0 Å². The quantitative estimate of drug-likeness (QED) is 0.0225. The molecule has 40 heavy (non-hydrogen) atoms. The van der Waals surface area contributed by atoms with E-state index in [9.17, 15) is 9.59 Å². The van der Waals surface area contributed by atoms with E-state index in [4.69, 9.17) is 24.7 Å². The Kier molecular flexibility index (Phi) is 34.1. The molecule has 0 aliphatic heterocycles. The number of ether oxygens (including phenoxy) is 2. The van der Waals surface area contributed by atoms with Crippen molar-refractivity contribution < 1.29 is 48.8 Å². The molecular formula is C20H38N4O10S6. The van der Waals surface area contributed by atoms with Crippen LogP contribution in [0, 0.1) is 0 Å². The van der Waals surface area contributed by atoms with Gasteiger partial charge in [0, 0.05) is 34.5 Å². The Hall–Kier alpha value is -0.580. The van der Waals surface area contributed by atoms with Crippen molar-refractivity contribution in [3.8, 4) is 0 Å². The highest BCUT2D eigenvalue weighted by molar-refractivity contribution is 8.03. The van der Waals surface area contributed by atoms with Crippen LogP contribution in [0.15, 0.2) is 9.98 Å². The predicted molar refractivity (Wildman–Crippen MR) is 168 cm³/mol. The zero-order chi connectivity index (χ0) is 29.2. The Balaban J connectivity index is 3.26. The summed E-state index contributed by atoms with van der Waals surface area (Å²) in [5.74, 6) is 7.72. The third kappa shape index (κ3) is 33.6. The van der Waals surface area contributed by atoms with E-state index in [0.717, 1.165) is 34.5 Å². The van der Waals surface area contributed by atoms with Crippen LogP contribution in [0.25, 0.3) is 0 Å². The third-order valence-electron chi connectivity index (χ3n) is 3.36. The van der Waals surface area contributed by atoms with Gasteiger partial charge in [0.25, 0.3) is 0 Å². The minimum absolute atomic E-state index is 0.00585. The van der Waals surface area contributed by atoms with E-state index in [0.29, 0.717) is 29.4 Å². The lowest BCUT2D eigenvalue weighted by molar-refractivity contribution is -0.221.